The molecule has 0 aliphatic carbocycles. The maximum Gasteiger partial charge on any atom is 0.320 e. The third-order valence-electron chi connectivity index (χ3n) is 3.29. The summed E-state index contributed by atoms with van der Waals surface area (Å²) in [7, 11) is 0. The minimum Gasteiger partial charge on any atom is -0.460 e. The molecule has 2 rings (SSSR count). The summed E-state index contributed by atoms with van der Waals surface area (Å²) in [5.41, 5.74) is 0.941. The molecule has 2 atom stereocenters. The number of hydrogen-bond donors (Lipinski definition) is 2. The van der Waals surface area contributed by atoms with Crippen LogP contribution in [-0.2, 0) is 16.1 Å². The van der Waals surface area contributed by atoms with Crippen molar-refractivity contribution in [2.45, 2.75) is 25.2 Å². The zero-order chi connectivity index (χ0) is 13.7. The summed E-state index contributed by atoms with van der Waals surface area (Å²) in [4.78, 5) is 13.5. The lowest BCUT2D eigenvalue weighted by molar-refractivity contribution is -0.146. The molecule has 1 aliphatic rings. The standard InChI is InChI=1S/C14H19NO4/c16-9-12-6-13(17)7-15(12)8-14(18)19-10-11-4-2-1-3-5-11/h1-5,12-13,16-17H,6-10H2/t12-,13+/m0/s1. The Kier molecular flexibility index (Phi) is 4.90. The van der Waals surface area contributed by atoms with E-state index >= 15 is 0 Å². The van der Waals surface area contributed by atoms with Crippen molar-refractivity contribution in [1.29, 1.82) is 0 Å². The van der Waals surface area contributed by atoms with Crippen LogP contribution in [0, 0.1) is 0 Å². The number of hydrogen-bond acceptors (Lipinski definition) is 5. The van der Waals surface area contributed by atoms with E-state index in [-0.39, 0.29) is 31.8 Å². The smallest absolute Gasteiger partial charge is 0.320 e. The van der Waals surface area contributed by atoms with Crippen molar-refractivity contribution in [2.24, 2.45) is 0 Å². The van der Waals surface area contributed by atoms with Gasteiger partial charge in [0.2, 0.25) is 0 Å². The first-order chi connectivity index (χ1) is 9.19. The van der Waals surface area contributed by atoms with Gasteiger partial charge in [-0.2, -0.15) is 0 Å². The van der Waals surface area contributed by atoms with E-state index in [0.717, 1.165) is 5.56 Å². The van der Waals surface area contributed by atoms with Gasteiger partial charge in [0.05, 0.1) is 19.3 Å². The van der Waals surface area contributed by atoms with Crippen molar-refractivity contribution in [3.63, 3.8) is 0 Å². The molecule has 19 heavy (non-hydrogen) atoms. The van der Waals surface area contributed by atoms with Crippen LogP contribution >= 0.6 is 0 Å². The Morgan fingerprint density at radius 1 is 1.37 bits per heavy atom. The van der Waals surface area contributed by atoms with Crippen molar-refractivity contribution < 1.29 is 19.7 Å². The van der Waals surface area contributed by atoms with Crippen LogP contribution in [0.25, 0.3) is 0 Å². The van der Waals surface area contributed by atoms with E-state index in [1.165, 1.54) is 0 Å². The predicted molar refractivity (Wildman–Crippen MR) is 69.3 cm³/mol. The molecule has 1 aromatic carbocycles. The Morgan fingerprint density at radius 3 is 2.79 bits per heavy atom. The number of aliphatic hydroxyl groups is 2. The molecule has 0 amide bonds. The maximum absolute atomic E-state index is 11.7. The van der Waals surface area contributed by atoms with Crippen molar-refractivity contribution in [3.8, 4) is 0 Å². The van der Waals surface area contributed by atoms with Gasteiger partial charge in [-0.05, 0) is 12.0 Å². The second-order valence-corrected chi connectivity index (χ2v) is 4.80. The highest BCUT2D eigenvalue weighted by Crippen LogP contribution is 2.17. The molecule has 0 bridgehead atoms. The van der Waals surface area contributed by atoms with Crippen molar-refractivity contribution in [2.75, 3.05) is 19.7 Å². The fourth-order valence-electron chi connectivity index (χ4n) is 2.29. The van der Waals surface area contributed by atoms with Crippen LogP contribution in [-0.4, -0.2) is 52.9 Å². The van der Waals surface area contributed by atoms with Crippen LogP contribution in [0.1, 0.15) is 12.0 Å². The highest BCUT2D eigenvalue weighted by Gasteiger charge is 2.31. The van der Waals surface area contributed by atoms with E-state index in [4.69, 9.17) is 4.74 Å². The SMILES string of the molecule is O=C(CN1C[C@H](O)C[C@H]1CO)OCc1ccccc1. The van der Waals surface area contributed by atoms with Crippen LogP contribution in [0.3, 0.4) is 0 Å². The number of ether oxygens (including phenoxy) is 1. The summed E-state index contributed by atoms with van der Waals surface area (Å²) in [5.74, 6) is -0.337. The quantitative estimate of drug-likeness (QED) is 0.742. The normalized spacial score (nSPS) is 23.5. The molecular formula is C14H19NO4. The Labute approximate surface area is 112 Å². The number of nitrogens with zero attached hydrogens (tertiary/aromatic N) is 1. The number of carbonyl (C=O) groups excluding carboxylic acids is 1. The number of carbonyl (C=O) groups is 1. The number of rotatable bonds is 5. The average Bonchev–Trinajstić information content (AvgIpc) is 2.77. The summed E-state index contributed by atoms with van der Waals surface area (Å²) < 4.78 is 5.17. The second-order valence-electron chi connectivity index (χ2n) is 4.80. The fraction of sp³-hybridized carbons (Fsp3) is 0.500. The summed E-state index contributed by atoms with van der Waals surface area (Å²) in [5, 5.41) is 18.7. The molecule has 0 radical (unpaired) electrons. The highest BCUT2D eigenvalue weighted by molar-refractivity contribution is 5.71. The minimum absolute atomic E-state index is 0.0526. The lowest BCUT2D eigenvalue weighted by atomic mass is 10.2. The number of likely N-dealkylation sites (tertiary alicyclic amines) is 1. The molecule has 1 aromatic rings. The molecule has 0 aromatic heterocycles. The number of β-amino-alcohol motifs (C(OH)–C–C–N with tert-alkyl or cyclic N) is 1. The minimum atomic E-state index is -0.473. The molecule has 5 heteroatoms. The van der Waals surface area contributed by atoms with Gasteiger partial charge in [-0.3, -0.25) is 9.69 Å². The van der Waals surface area contributed by atoms with Crippen LogP contribution in [0.5, 0.6) is 0 Å². The van der Waals surface area contributed by atoms with E-state index in [2.05, 4.69) is 0 Å². The first-order valence-corrected chi connectivity index (χ1v) is 6.41. The maximum atomic E-state index is 11.7. The summed E-state index contributed by atoms with van der Waals surface area (Å²) in [6.07, 6.45) is 0.0294. The Morgan fingerprint density at radius 2 is 2.11 bits per heavy atom. The molecule has 0 saturated carbocycles. The monoisotopic (exact) mass is 265 g/mol. The van der Waals surface area contributed by atoms with Crippen molar-refractivity contribution >= 4 is 5.97 Å². The first-order valence-electron chi connectivity index (χ1n) is 6.41. The summed E-state index contributed by atoms with van der Waals surface area (Å²) in [6, 6.07) is 9.32. The van der Waals surface area contributed by atoms with E-state index < -0.39 is 6.10 Å². The summed E-state index contributed by atoms with van der Waals surface area (Å²) in [6.45, 7) is 0.712. The largest absolute Gasteiger partial charge is 0.460 e. The molecule has 5 nitrogen and oxygen atoms in total. The molecule has 1 aliphatic heterocycles. The molecule has 1 saturated heterocycles. The third kappa shape index (κ3) is 4.02. The fourth-order valence-corrected chi connectivity index (χ4v) is 2.29. The topological polar surface area (TPSA) is 70.0 Å². The van der Waals surface area contributed by atoms with Crippen LogP contribution in [0.15, 0.2) is 30.3 Å². The molecular weight excluding hydrogens is 246 g/mol. The number of esters is 1. The van der Waals surface area contributed by atoms with Gasteiger partial charge in [0.25, 0.3) is 0 Å². The average molecular weight is 265 g/mol. The Hall–Kier alpha value is -1.43. The van der Waals surface area contributed by atoms with E-state index in [9.17, 15) is 15.0 Å². The lowest BCUT2D eigenvalue weighted by Crippen LogP contribution is -2.37. The molecule has 104 valence electrons. The van der Waals surface area contributed by atoms with Gasteiger partial charge in [0.1, 0.15) is 6.61 Å². The van der Waals surface area contributed by atoms with Gasteiger partial charge in [-0.25, -0.2) is 0 Å². The van der Waals surface area contributed by atoms with Gasteiger partial charge in [0, 0.05) is 12.6 Å². The summed E-state index contributed by atoms with van der Waals surface area (Å²) >= 11 is 0. The van der Waals surface area contributed by atoms with Gasteiger partial charge in [-0.15, -0.1) is 0 Å². The zero-order valence-electron chi connectivity index (χ0n) is 10.7. The molecule has 1 heterocycles. The van der Waals surface area contributed by atoms with Crippen molar-refractivity contribution in [3.05, 3.63) is 35.9 Å². The van der Waals surface area contributed by atoms with Gasteiger partial charge in [0.15, 0.2) is 0 Å². The van der Waals surface area contributed by atoms with Gasteiger partial charge in [-0.1, -0.05) is 30.3 Å². The predicted octanol–water partition coefficient (Wildman–Crippen LogP) is 0.157. The Bertz CT molecular complexity index is 409. The van der Waals surface area contributed by atoms with Crippen LogP contribution < -0.4 is 0 Å². The van der Waals surface area contributed by atoms with E-state index in [1.807, 2.05) is 30.3 Å². The first kappa shape index (κ1) is 14.0. The molecule has 0 spiro atoms. The van der Waals surface area contributed by atoms with E-state index in [1.54, 1.807) is 4.90 Å². The second kappa shape index (κ2) is 6.65. The number of benzene rings is 1. The van der Waals surface area contributed by atoms with Gasteiger partial charge >= 0.3 is 5.97 Å². The van der Waals surface area contributed by atoms with Crippen LogP contribution in [0.2, 0.25) is 0 Å². The molecule has 0 unspecified atom stereocenters. The van der Waals surface area contributed by atoms with Gasteiger partial charge < -0.3 is 14.9 Å². The lowest BCUT2D eigenvalue weighted by Gasteiger charge is -2.20. The number of aliphatic hydroxyl groups excluding tert-OH is 2. The third-order valence-corrected chi connectivity index (χ3v) is 3.29. The molecule has 2 N–H and O–H groups in total. The zero-order valence-corrected chi connectivity index (χ0v) is 10.7. The highest BCUT2D eigenvalue weighted by atomic mass is 16.5. The van der Waals surface area contributed by atoms with Crippen LogP contribution in [0.4, 0.5) is 0 Å². The Balaban J connectivity index is 1.78. The van der Waals surface area contributed by atoms with E-state index in [0.29, 0.717) is 13.0 Å². The molecule has 1 fully saturated rings. The van der Waals surface area contributed by atoms with Crippen molar-refractivity contribution in [1.82, 2.24) is 4.90 Å².